The molecule has 1 rings (SSSR count). The highest BCUT2D eigenvalue weighted by atomic mass is 19.4. The van der Waals surface area contributed by atoms with Gasteiger partial charge in [-0.15, -0.1) is 0 Å². The molecule has 1 aromatic carbocycles. The van der Waals surface area contributed by atoms with Crippen molar-refractivity contribution in [2.24, 2.45) is 0 Å². The molecule has 15 heavy (non-hydrogen) atoms. The second-order valence-electron chi connectivity index (χ2n) is 3.10. The Balaban J connectivity index is 3.35. The quantitative estimate of drug-likeness (QED) is 0.830. The molecule has 0 saturated heterocycles. The van der Waals surface area contributed by atoms with Crippen LogP contribution < -0.4 is 4.74 Å². The third-order valence-corrected chi connectivity index (χ3v) is 2.01. The van der Waals surface area contributed by atoms with E-state index in [1.807, 2.05) is 0 Å². The smallest absolute Gasteiger partial charge is 0.419 e. The van der Waals surface area contributed by atoms with E-state index in [0.29, 0.717) is 0 Å². The third kappa shape index (κ3) is 2.41. The van der Waals surface area contributed by atoms with Crippen molar-refractivity contribution in [3.8, 4) is 5.75 Å². The van der Waals surface area contributed by atoms with Crippen LogP contribution >= 0.6 is 0 Å². The van der Waals surface area contributed by atoms with E-state index in [9.17, 15) is 18.3 Å². The largest absolute Gasteiger partial charge is 0.496 e. The SMILES string of the molecule is COc1c([C@@H](C)O)cccc1C(F)(F)F. The molecular weight excluding hydrogens is 209 g/mol. The van der Waals surface area contributed by atoms with Crippen LogP contribution in [0.15, 0.2) is 18.2 Å². The first-order valence-electron chi connectivity index (χ1n) is 4.30. The van der Waals surface area contributed by atoms with Gasteiger partial charge >= 0.3 is 6.18 Å². The average molecular weight is 220 g/mol. The highest BCUT2D eigenvalue weighted by Crippen LogP contribution is 2.39. The molecule has 0 aromatic heterocycles. The molecule has 2 nitrogen and oxygen atoms in total. The molecule has 0 aliphatic rings. The number of alkyl halides is 3. The van der Waals surface area contributed by atoms with E-state index in [4.69, 9.17) is 0 Å². The van der Waals surface area contributed by atoms with Crippen molar-refractivity contribution >= 4 is 0 Å². The fourth-order valence-electron chi connectivity index (χ4n) is 1.33. The second kappa shape index (κ2) is 4.10. The molecule has 0 aliphatic heterocycles. The van der Waals surface area contributed by atoms with Gasteiger partial charge in [0.1, 0.15) is 5.75 Å². The lowest BCUT2D eigenvalue weighted by atomic mass is 10.0. The molecular formula is C10H11F3O2. The third-order valence-electron chi connectivity index (χ3n) is 2.01. The van der Waals surface area contributed by atoms with E-state index in [2.05, 4.69) is 4.74 Å². The van der Waals surface area contributed by atoms with Gasteiger partial charge in [-0.05, 0) is 13.0 Å². The summed E-state index contributed by atoms with van der Waals surface area (Å²) < 4.78 is 42.2. The Bertz CT molecular complexity index is 345. The fraction of sp³-hybridized carbons (Fsp3) is 0.400. The van der Waals surface area contributed by atoms with Crippen LogP contribution in [0.5, 0.6) is 5.75 Å². The summed E-state index contributed by atoms with van der Waals surface area (Å²) in [6.07, 6.45) is -5.47. The van der Waals surface area contributed by atoms with Crippen molar-refractivity contribution in [3.05, 3.63) is 29.3 Å². The van der Waals surface area contributed by atoms with E-state index < -0.39 is 17.8 Å². The van der Waals surface area contributed by atoms with Gasteiger partial charge in [0.25, 0.3) is 0 Å². The number of aliphatic hydroxyl groups excluding tert-OH is 1. The Morgan fingerprint density at radius 1 is 1.33 bits per heavy atom. The van der Waals surface area contributed by atoms with Crippen LogP contribution in [0.4, 0.5) is 13.2 Å². The van der Waals surface area contributed by atoms with Gasteiger partial charge < -0.3 is 9.84 Å². The number of aliphatic hydroxyl groups is 1. The Morgan fingerprint density at radius 2 is 1.93 bits per heavy atom. The molecule has 1 N–H and O–H groups in total. The normalized spacial score (nSPS) is 13.7. The van der Waals surface area contributed by atoms with E-state index in [-0.39, 0.29) is 11.3 Å². The molecule has 0 aliphatic carbocycles. The summed E-state index contributed by atoms with van der Waals surface area (Å²) in [5, 5.41) is 9.28. The molecule has 1 atom stereocenters. The number of rotatable bonds is 2. The average Bonchev–Trinajstić information content (AvgIpc) is 2.15. The lowest BCUT2D eigenvalue weighted by Crippen LogP contribution is -2.09. The standard InChI is InChI=1S/C10H11F3O2/c1-6(14)7-4-3-5-8(9(7)15-2)10(11,12)13/h3-6,14H,1-2H3/t6-/m1/s1. The molecule has 0 unspecified atom stereocenters. The van der Waals surface area contributed by atoms with Gasteiger partial charge in [0.15, 0.2) is 0 Å². The van der Waals surface area contributed by atoms with Gasteiger partial charge in [0.2, 0.25) is 0 Å². The van der Waals surface area contributed by atoms with Crippen molar-refractivity contribution in [2.75, 3.05) is 7.11 Å². The Kier molecular flexibility index (Phi) is 3.24. The molecule has 0 saturated carbocycles. The predicted octanol–water partition coefficient (Wildman–Crippen LogP) is 2.77. The van der Waals surface area contributed by atoms with E-state index in [0.717, 1.165) is 13.2 Å². The van der Waals surface area contributed by atoms with Crippen LogP contribution in [0.25, 0.3) is 0 Å². The lowest BCUT2D eigenvalue weighted by Gasteiger charge is -2.16. The zero-order valence-corrected chi connectivity index (χ0v) is 8.30. The summed E-state index contributed by atoms with van der Waals surface area (Å²) in [5.74, 6) is -0.319. The van der Waals surface area contributed by atoms with Gasteiger partial charge in [0.05, 0.1) is 18.8 Å². The van der Waals surface area contributed by atoms with Gasteiger partial charge in [-0.2, -0.15) is 13.2 Å². The molecule has 0 heterocycles. The summed E-state index contributed by atoms with van der Waals surface area (Å²) in [4.78, 5) is 0. The number of hydrogen-bond donors (Lipinski definition) is 1. The number of benzene rings is 1. The second-order valence-corrected chi connectivity index (χ2v) is 3.10. The van der Waals surface area contributed by atoms with Gasteiger partial charge in [0, 0.05) is 5.56 Å². The molecule has 84 valence electrons. The van der Waals surface area contributed by atoms with Crippen LogP contribution in [0.3, 0.4) is 0 Å². The molecule has 5 heteroatoms. The molecule has 0 amide bonds. The van der Waals surface area contributed by atoms with Crippen LogP contribution in [-0.4, -0.2) is 12.2 Å². The fourth-order valence-corrected chi connectivity index (χ4v) is 1.33. The Hall–Kier alpha value is -1.23. The maximum atomic E-state index is 12.5. The Morgan fingerprint density at radius 3 is 2.33 bits per heavy atom. The predicted molar refractivity (Wildman–Crippen MR) is 48.6 cm³/mol. The number of para-hydroxylation sites is 1. The monoisotopic (exact) mass is 220 g/mol. The van der Waals surface area contributed by atoms with E-state index in [1.54, 1.807) is 0 Å². The number of hydrogen-bond acceptors (Lipinski definition) is 2. The summed E-state index contributed by atoms with van der Waals surface area (Å²) >= 11 is 0. The maximum Gasteiger partial charge on any atom is 0.419 e. The molecule has 0 radical (unpaired) electrons. The lowest BCUT2D eigenvalue weighted by molar-refractivity contribution is -0.138. The highest BCUT2D eigenvalue weighted by Gasteiger charge is 2.35. The van der Waals surface area contributed by atoms with Gasteiger partial charge in [-0.25, -0.2) is 0 Å². The van der Waals surface area contributed by atoms with Gasteiger partial charge in [-0.1, -0.05) is 12.1 Å². The summed E-state index contributed by atoms with van der Waals surface area (Å²) in [5.41, 5.74) is -0.740. The van der Waals surface area contributed by atoms with Crippen molar-refractivity contribution in [1.82, 2.24) is 0 Å². The Labute approximate surface area is 85.3 Å². The van der Waals surface area contributed by atoms with Crippen LogP contribution in [0.1, 0.15) is 24.2 Å². The number of ether oxygens (including phenoxy) is 1. The highest BCUT2D eigenvalue weighted by molar-refractivity contribution is 5.44. The van der Waals surface area contributed by atoms with Crippen molar-refractivity contribution in [3.63, 3.8) is 0 Å². The van der Waals surface area contributed by atoms with E-state index >= 15 is 0 Å². The first kappa shape index (κ1) is 11.8. The van der Waals surface area contributed by atoms with Crippen molar-refractivity contribution in [2.45, 2.75) is 19.2 Å². The molecule has 1 aromatic rings. The summed E-state index contributed by atoms with van der Waals surface area (Å²) in [7, 11) is 1.15. The zero-order chi connectivity index (χ0) is 11.6. The van der Waals surface area contributed by atoms with Crippen molar-refractivity contribution < 1.29 is 23.0 Å². The summed E-state index contributed by atoms with van der Waals surface area (Å²) in [6.45, 7) is 1.39. The first-order chi connectivity index (χ1) is 6.88. The molecule has 0 spiro atoms. The number of halogens is 3. The topological polar surface area (TPSA) is 29.5 Å². The van der Waals surface area contributed by atoms with E-state index in [1.165, 1.54) is 19.1 Å². The molecule has 0 bridgehead atoms. The summed E-state index contributed by atoms with van der Waals surface area (Å²) in [6, 6.07) is 3.57. The first-order valence-corrected chi connectivity index (χ1v) is 4.30. The van der Waals surface area contributed by atoms with Crippen LogP contribution in [-0.2, 0) is 6.18 Å². The minimum Gasteiger partial charge on any atom is -0.496 e. The van der Waals surface area contributed by atoms with Crippen molar-refractivity contribution in [1.29, 1.82) is 0 Å². The molecule has 0 fully saturated rings. The minimum atomic E-state index is -4.48. The van der Waals surface area contributed by atoms with Gasteiger partial charge in [-0.3, -0.25) is 0 Å². The maximum absolute atomic E-state index is 12.5. The van der Waals surface area contributed by atoms with Crippen LogP contribution in [0, 0.1) is 0 Å². The minimum absolute atomic E-state index is 0.132. The zero-order valence-electron chi connectivity index (χ0n) is 8.30. The number of methoxy groups -OCH3 is 1. The van der Waals surface area contributed by atoms with Crippen LogP contribution in [0.2, 0.25) is 0 Å².